The Morgan fingerprint density at radius 3 is 1.27 bits per heavy atom. The number of hydrogen-bond acceptors (Lipinski definition) is 16. The highest BCUT2D eigenvalue weighted by atomic mass is 32.1. The van der Waals surface area contributed by atoms with Crippen molar-refractivity contribution in [2.24, 2.45) is 10.8 Å². The van der Waals surface area contributed by atoms with Gasteiger partial charge in [-0.15, -0.1) is 22.7 Å². The van der Waals surface area contributed by atoms with Gasteiger partial charge in [0.15, 0.2) is 13.5 Å². The molecule has 7 heterocycles. The Balaban J connectivity index is 0.604. The molecule has 2 amide bonds. The summed E-state index contributed by atoms with van der Waals surface area (Å²) in [7, 11) is 0. The Morgan fingerprint density at radius 2 is 0.860 bits per heavy atom. The van der Waals surface area contributed by atoms with E-state index in [9.17, 15) is 28.8 Å². The molecule has 86 heavy (non-hydrogen) atoms. The third-order valence-corrected chi connectivity index (χ3v) is 18.9. The molecule has 0 atom stereocenters. The van der Waals surface area contributed by atoms with Crippen molar-refractivity contribution >= 4 is 99.8 Å². The number of rotatable bonds is 22. The number of nitrogens with zero attached hydrogens (tertiary/aromatic N) is 8. The maximum absolute atomic E-state index is 14.0. The summed E-state index contributed by atoms with van der Waals surface area (Å²) in [4.78, 5) is 94.9. The molecular formula is C66H76N8O10S2. The molecule has 3 aliphatic heterocycles. The van der Waals surface area contributed by atoms with Gasteiger partial charge in [0.2, 0.25) is 11.8 Å². The number of esters is 2. The molecule has 0 spiro atoms. The lowest BCUT2D eigenvalue weighted by Gasteiger charge is -2.39. The van der Waals surface area contributed by atoms with E-state index >= 15 is 0 Å². The first-order chi connectivity index (χ1) is 41.6. The van der Waals surface area contributed by atoms with Crippen LogP contribution in [0.1, 0.15) is 53.4 Å². The summed E-state index contributed by atoms with van der Waals surface area (Å²) >= 11 is 3.56. The highest BCUT2D eigenvalue weighted by Crippen LogP contribution is 2.34. The van der Waals surface area contributed by atoms with Gasteiger partial charge >= 0.3 is 11.9 Å². The zero-order chi connectivity index (χ0) is 60.0. The second-order valence-corrected chi connectivity index (χ2v) is 25.5. The largest absolute Gasteiger partial charge is 0.494 e. The highest BCUT2D eigenvalue weighted by molar-refractivity contribution is 7.17. The third-order valence-electron chi connectivity index (χ3n) is 17.2. The van der Waals surface area contributed by atoms with Crippen LogP contribution in [0.4, 0.5) is 11.4 Å². The fraction of sp³-hybridized carbons (Fsp3) is 0.424. The van der Waals surface area contributed by atoms with Gasteiger partial charge in [-0.25, -0.2) is 0 Å². The van der Waals surface area contributed by atoms with Gasteiger partial charge in [-0.1, -0.05) is 12.1 Å². The number of pyridine rings is 2. The number of amides is 2. The van der Waals surface area contributed by atoms with E-state index in [1.54, 1.807) is 46.9 Å². The number of piperazine rings is 3. The summed E-state index contributed by atoms with van der Waals surface area (Å²) in [5.74, 6) is -1.44. The van der Waals surface area contributed by atoms with E-state index in [-0.39, 0.29) is 37.3 Å². The van der Waals surface area contributed by atoms with Gasteiger partial charge in [0.05, 0.1) is 24.2 Å². The summed E-state index contributed by atoms with van der Waals surface area (Å²) in [6.45, 7) is 16.5. The van der Waals surface area contributed by atoms with Crippen molar-refractivity contribution in [2.45, 2.75) is 66.8 Å². The standard InChI is InChI=1S/C66H76N8O10S2/c1-65(2,63(79)83-45-73-55-43-49(19-15-47(55)17-21-59(73)75)81-39-7-5-25-67-27-31-69(32-28-67)53-11-9-13-57-51(53)23-41-85-57)61(77)71-35-37-72(38-36-71)62(78)66(3,4)64(80)84-46-74-56-44-50(20-16-48(56)18-22-60(74)76)82-40-8-6-26-68-29-33-70(34-30-68)54-12-10-14-58-52(54)24-42-86-58/h9-24,41-44H,5-8,25-40,45-46H2,1-4H3. The molecule has 11 rings (SSSR count). The lowest BCUT2D eigenvalue weighted by Crippen LogP contribution is -2.57. The van der Waals surface area contributed by atoms with Gasteiger partial charge in [0.1, 0.15) is 22.3 Å². The summed E-state index contributed by atoms with van der Waals surface area (Å²) < 4.78 is 29.1. The molecule has 4 aromatic carbocycles. The Hall–Kier alpha value is -7.78. The zero-order valence-electron chi connectivity index (χ0n) is 49.6. The van der Waals surface area contributed by atoms with Gasteiger partial charge in [0, 0.05) is 134 Å². The second kappa shape index (κ2) is 26.5. The molecule has 4 aromatic heterocycles. The predicted molar refractivity (Wildman–Crippen MR) is 340 cm³/mol. The number of aromatic nitrogens is 2. The van der Waals surface area contributed by atoms with Crippen LogP contribution in [0.2, 0.25) is 0 Å². The van der Waals surface area contributed by atoms with Crippen LogP contribution in [0.5, 0.6) is 11.5 Å². The van der Waals surface area contributed by atoms with Gasteiger partial charge in [-0.2, -0.15) is 0 Å². The molecule has 0 N–H and O–H groups in total. The summed E-state index contributed by atoms with van der Waals surface area (Å²) in [5.41, 5.74) is -0.336. The minimum absolute atomic E-state index is 0.101. The third kappa shape index (κ3) is 13.3. The lowest BCUT2D eigenvalue weighted by atomic mass is 9.90. The van der Waals surface area contributed by atoms with Crippen molar-refractivity contribution < 1.29 is 38.1 Å². The number of fused-ring (bicyclic) bond motifs is 4. The van der Waals surface area contributed by atoms with Crippen LogP contribution in [0.25, 0.3) is 42.0 Å². The van der Waals surface area contributed by atoms with E-state index < -0.39 is 48.0 Å². The molecule has 20 heteroatoms. The van der Waals surface area contributed by atoms with Crippen LogP contribution >= 0.6 is 22.7 Å². The van der Waals surface area contributed by atoms with Gasteiger partial charge in [0.25, 0.3) is 11.1 Å². The molecule has 452 valence electrons. The lowest BCUT2D eigenvalue weighted by molar-refractivity contribution is -0.170. The molecule has 8 aromatic rings. The van der Waals surface area contributed by atoms with Crippen LogP contribution in [0, 0.1) is 10.8 Å². The van der Waals surface area contributed by atoms with E-state index in [0.29, 0.717) is 35.7 Å². The van der Waals surface area contributed by atoms with Crippen molar-refractivity contribution in [1.82, 2.24) is 28.7 Å². The predicted octanol–water partition coefficient (Wildman–Crippen LogP) is 9.13. The average Bonchev–Trinajstić information content (AvgIpc) is 3.58. The van der Waals surface area contributed by atoms with Crippen molar-refractivity contribution in [1.29, 1.82) is 0 Å². The fourth-order valence-corrected chi connectivity index (χ4v) is 13.5. The van der Waals surface area contributed by atoms with Gasteiger partial charge < -0.3 is 38.5 Å². The molecule has 18 nitrogen and oxygen atoms in total. The smallest absolute Gasteiger partial charge is 0.322 e. The highest BCUT2D eigenvalue weighted by Gasteiger charge is 2.45. The zero-order valence-corrected chi connectivity index (χ0v) is 51.2. The second-order valence-electron chi connectivity index (χ2n) is 23.6. The molecule has 0 saturated carbocycles. The molecule has 0 radical (unpaired) electrons. The molecule has 0 aliphatic carbocycles. The maximum Gasteiger partial charge on any atom is 0.322 e. The first-order valence-electron chi connectivity index (χ1n) is 30.0. The Kier molecular flexibility index (Phi) is 18.4. The molecule has 3 fully saturated rings. The van der Waals surface area contributed by atoms with E-state index in [1.807, 2.05) is 24.3 Å². The number of anilines is 2. The summed E-state index contributed by atoms with van der Waals surface area (Å²) in [5, 5.41) is 8.47. The van der Waals surface area contributed by atoms with Crippen molar-refractivity contribution in [3.63, 3.8) is 0 Å². The van der Waals surface area contributed by atoms with E-state index in [1.165, 1.54) is 90.3 Å². The van der Waals surface area contributed by atoms with Crippen LogP contribution in [-0.4, -0.2) is 157 Å². The van der Waals surface area contributed by atoms with Crippen LogP contribution < -0.4 is 30.4 Å². The van der Waals surface area contributed by atoms with Gasteiger partial charge in [-0.05, 0) is 161 Å². The minimum Gasteiger partial charge on any atom is -0.494 e. The maximum atomic E-state index is 14.0. The Morgan fingerprint density at radius 1 is 0.465 bits per heavy atom. The van der Waals surface area contributed by atoms with E-state index in [4.69, 9.17) is 18.9 Å². The van der Waals surface area contributed by atoms with Gasteiger partial charge in [-0.3, -0.25) is 47.7 Å². The fourth-order valence-electron chi connectivity index (χ4n) is 11.9. The molecule has 3 saturated heterocycles. The molecule has 3 aliphatic rings. The number of unbranched alkanes of at least 4 members (excludes halogenated alkanes) is 2. The van der Waals surface area contributed by atoms with Crippen LogP contribution in [0.3, 0.4) is 0 Å². The molecule has 0 unspecified atom stereocenters. The monoisotopic (exact) mass is 1200 g/mol. The minimum atomic E-state index is -1.63. The Labute approximate surface area is 508 Å². The number of thiophene rings is 2. The number of ether oxygens (including phenoxy) is 4. The summed E-state index contributed by atoms with van der Waals surface area (Å²) in [6, 6.07) is 34.7. The average molecular weight is 1210 g/mol. The molecule has 0 bridgehead atoms. The first-order valence-corrected chi connectivity index (χ1v) is 31.7. The van der Waals surface area contributed by atoms with Crippen molar-refractivity contribution in [2.75, 3.05) is 115 Å². The number of carbonyl (C=O) groups is 4. The Bertz CT molecular complexity index is 3620. The normalized spacial score (nSPS) is 15.7. The SMILES string of the molecule is CC(C)(C(=O)OCn1c(=O)ccc2ccc(OCCCCN3CCN(c4cccc5sccc45)CC3)cc21)C(=O)N1CCN(C(=O)C(C)(C)C(=O)OCn2c(=O)ccc3ccc(OCCCCN4CCN(c5cccc6sccc56)CC4)cc32)CC1. The van der Waals surface area contributed by atoms with Crippen molar-refractivity contribution in [3.8, 4) is 11.5 Å². The number of carbonyl (C=O) groups excluding carboxylic acids is 4. The first kappa shape index (κ1) is 59.9. The van der Waals surface area contributed by atoms with Crippen molar-refractivity contribution in [3.05, 3.63) is 141 Å². The molecular weight excluding hydrogens is 1130 g/mol. The summed E-state index contributed by atoms with van der Waals surface area (Å²) in [6.07, 6.45) is 3.69. The number of benzene rings is 4. The van der Waals surface area contributed by atoms with E-state index in [0.717, 1.165) is 102 Å². The topological polar surface area (TPSA) is 169 Å². The van der Waals surface area contributed by atoms with E-state index in [2.05, 4.69) is 78.9 Å². The quantitative estimate of drug-likeness (QED) is 0.0358. The van der Waals surface area contributed by atoms with Crippen LogP contribution in [0.15, 0.2) is 130 Å². The number of hydrogen-bond donors (Lipinski definition) is 0. The van der Waals surface area contributed by atoms with Crippen LogP contribution in [-0.2, 0) is 42.1 Å².